The van der Waals surface area contributed by atoms with Crippen LogP contribution in [0.15, 0.2) is 23.0 Å². The normalized spacial score (nSPS) is 11.8. The van der Waals surface area contributed by atoms with Gasteiger partial charge in [-0.05, 0) is 18.2 Å². The van der Waals surface area contributed by atoms with Crippen molar-refractivity contribution in [1.82, 2.24) is 14.8 Å². The lowest BCUT2D eigenvalue weighted by atomic mass is 10.2. The van der Waals surface area contributed by atoms with Gasteiger partial charge in [0.05, 0.1) is 22.8 Å². The molecule has 9 heteroatoms. The molecule has 1 aromatic carbocycles. The Kier molecular flexibility index (Phi) is 3.38. The summed E-state index contributed by atoms with van der Waals surface area (Å²) in [6.07, 6.45) is -4.61. The summed E-state index contributed by atoms with van der Waals surface area (Å²) in [5, 5.41) is 5.29. The van der Waals surface area contributed by atoms with Crippen LogP contribution in [0, 0.1) is 0 Å². The van der Waals surface area contributed by atoms with Crippen molar-refractivity contribution in [3.8, 4) is 5.69 Å². The number of H-pyrrole nitrogens is 1. The zero-order chi connectivity index (χ0) is 14.2. The van der Waals surface area contributed by atoms with E-state index in [9.17, 15) is 18.0 Å². The van der Waals surface area contributed by atoms with Crippen molar-refractivity contribution >= 4 is 11.6 Å². The fourth-order valence-corrected chi connectivity index (χ4v) is 1.83. The molecule has 0 bridgehead atoms. The number of aromatic amines is 1. The van der Waals surface area contributed by atoms with Crippen molar-refractivity contribution in [2.24, 2.45) is 5.73 Å². The van der Waals surface area contributed by atoms with Crippen molar-refractivity contribution in [1.29, 1.82) is 0 Å². The summed E-state index contributed by atoms with van der Waals surface area (Å²) in [5.41, 5.74) is 3.67. The quantitative estimate of drug-likeness (QED) is 0.884. The van der Waals surface area contributed by atoms with Crippen molar-refractivity contribution in [2.75, 3.05) is 0 Å². The lowest BCUT2D eigenvalue weighted by Gasteiger charge is -2.11. The van der Waals surface area contributed by atoms with Crippen LogP contribution in [-0.2, 0) is 12.7 Å². The predicted octanol–water partition coefficient (Wildman–Crippen LogP) is 1.69. The first-order valence-corrected chi connectivity index (χ1v) is 5.46. The molecule has 0 fully saturated rings. The monoisotopic (exact) mass is 292 g/mol. The van der Waals surface area contributed by atoms with Gasteiger partial charge in [-0.1, -0.05) is 11.6 Å². The number of alkyl halides is 3. The standard InChI is InChI=1S/C10H8ClF3N4O/c11-7-2-1-5(3-6(7)10(12,13)14)18-8(4-15)16-17-9(18)19/h1-3H,4,15H2,(H,17,19). The lowest BCUT2D eigenvalue weighted by Crippen LogP contribution is -2.19. The molecule has 0 radical (unpaired) electrons. The van der Waals surface area contributed by atoms with Crippen LogP contribution in [-0.4, -0.2) is 14.8 Å². The molecule has 0 saturated carbocycles. The first-order chi connectivity index (χ1) is 8.84. The highest BCUT2D eigenvalue weighted by atomic mass is 35.5. The summed E-state index contributed by atoms with van der Waals surface area (Å²) >= 11 is 5.50. The summed E-state index contributed by atoms with van der Waals surface area (Å²) in [6, 6.07) is 3.13. The Bertz CT molecular complexity index is 662. The van der Waals surface area contributed by atoms with Crippen molar-refractivity contribution in [2.45, 2.75) is 12.7 Å². The average molecular weight is 293 g/mol. The minimum atomic E-state index is -4.61. The van der Waals surface area contributed by atoms with E-state index in [0.717, 1.165) is 16.7 Å². The molecule has 0 unspecified atom stereocenters. The van der Waals surface area contributed by atoms with Gasteiger partial charge >= 0.3 is 11.9 Å². The lowest BCUT2D eigenvalue weighted by molar-refractivity contribution is -0.137. The number of rotatable bonds is 2. The van der Waals surface area contributed by atoms with E-state index in [4.69, 9.17) is 17.3 Å². The van der Waals surface area contributed by atoms with Gasteiger partial charge in [-0.3, -0.25) is 0 Å². The van der Waals surface area contributed by atoms with Gasteiger partial charge in [-0.25, -0.2) is 14.5 Å². The second-order valence-electron chi connectivity index (χ2n) is 3.65. The number of nitrogens with zero attached hydrogens (tertiary/aromatic N) is 2. The fraction of sp³-hybridized carbons (Fsp3) is 0.200. The summed E-state index contributed by atoms with van der Waals surface area (Å²) in [4.78, 5) is 11.5. The van der Waals surface area contributed by atoms with E-state index >= 15 is 0 Å². The van der Waals surface area contributed by atoms with E-state index in [0.29, 0.717) is 0 Å². The van der Waals surface area contributed by atoms with Crippen LogP contribution in [0.2, 0.25) is 5.02 Å². The van der Waals surface area contributed by atoms with Gasteiger partial charge in [-0.15, -0.1) is 0 Å². The van der Waals surface area contributed by atoms with E-state index < -0.39 is 22.5 Å². The number of hydrogen-bond acceptors (Lipinski definition) is 3. The molecular formula is C10H8ClF3N4O. The Labute approximate surface area is 109 Å². The summed E-state index contributed by atoms with van der Waals surface area (Å²) in [6.45, 7) is -0.0945. The van der Waals surface area contributed by atoms with Gasteiger partial charge in [0, 0.05) is 0 Å². The molecule has 0 aliphatic rings. The van der Waals surface area contributed by atoms with Crippen molar-refractivity contribution in [3.05, 3.63) is 45.1 Å². The summed E-state index contributed by atoms with van der Waals surface area (Å²) < 4.78 is 39.2. The second-order valence-corrected chi connectivity index (χ2v) is 4.05. The average Bonchev–Trinajstić information content (AvgIpc) is 2.70. The van der Waals surface area contributed by atoms with Crippen LogP contribution in [0.25, 0.3) is 5.69 Å². The SMILES string of the molecule is NCc1n[nH]c(=O)n1-c1ccc(Cl)c(C(F)(F)F)c1. The molecule has 0 saturated heterocycles. The Balaban J connectivity index is 2.65. The number of aromatic nitrogens is 3. The van der Waals surface area contributed by atoms with Crippen LogP contribution in [0.5, 0.6) is 0 Å². The molecular weight excluding hydrogens is 285 g/mol. The third-order valence-electron chi connectivity index (χ3n) is 2.44. The van der Waals surface area contributed by atoms with Crippen molar-refractivity contribution in [3.63, 3.8) is 0 Å². The minimum absolute atomic E-state index is 0.00377. The van der Waals surface area contributed by atoms with Gasteiger partial charge in [-0.2, -0.15) is 18.3 Å². The van der Waals surface area contributed by atoms with Crippen LogP contribution in [0.3, 0.4) is 0 Å². The largest absolute Gasteiger partial charge is 0.417 e. The van der Waals surface area contributed by atoms with E-state index in [1.165, 1.54) is 6.07 Å². The van der Waals surface area contributed by atoms with Crippen LogP contribution in [0.1, 0.15) is 11.4 Å². The fourth-order valence-electron chi connectivity index (χ4n) is 1.60. The molecule has 5 nitrogen and oxygen atoms in total. The van der Waals surface area contributed by atoms with Crippen molar-refractivity contribution < 1.29 is 13.2 Å². The number of halogens is 4. The maximum absolute atomic E-state index is 12.7. The Morgan fingerprint density at radius 1 is 1.42 bits per heavy atom. The highest BCUT2D eigenvalue weighted by molar-refractivity contribution is 6.31. The molecule has 0 atom stereocenters. The van der Waals surface area contributed by atoms with E-state index in [2.05, 4.69) is 10.2 Å². The van der Waals surface area contributed by atoms with Gasteiger partial charge in [0.1, 0.15) is 0 Å². The number of nitrogens with one attached hydrogen (secondary N) is 1. The van der Waals surface area contributed by atoms with Gasteiger partial charge in [0.25, 0.3) is 0 Å². The number of hydrogen-bond donors (Lipinski definition) is 2. The molecule has 0 amide bonds. The van der Waals surface area contributed by atoms with Crippen LogP contribution >= 0.6 is 11.6 Å². The minimum Gasteiger partial charge on any atom is -0.324 e. The number of benzene rings is 1. The topological polar surface area (TPSA) is 76.7 Å². The first kappa shape index (κ1) is 13.6. The number of nitrogens with two attached hydrogens (primary N) is 1. The smallest absolute Gasteiger partial charge is 0.324 e. The molecule has 102 valence electrons. The Hall–Kier alpha value is -1.80. The Morgan fingerprint density at radius 2 is 2.11 bits per heavy atom. The molecule has 1 aromatic heterocycles. The maximum atomic E-state index is 12.7. The molecule has 2 rings (SSSR count). The molecule has 2 aromatic rings. The molecule has 0 aliphatic heterocycles. The molecule has 0 aliphatic carbocycles. The second kappa shape index (κ2) is 4.71. The molecule has 1 heterocycles. The van der Waals surface area contributed by atoms with Gasteiger partial charge < -0.3 is 5.73 Å². The summed E-state index contributed by atoms with van der Waals surface area (Å²) in [5.74, 6) is 0.125. The highest BCUT2D eigenvalue weighted by Crippen LogP contribution is 2.35. The Morgan fingerprint density at radius 3 is 2.68 bits per heavy atom. The zero-order valence-electron chi connectivity index (χ0n) is 9.33. The van der Waals surface area contributed by atoms with E-state index in [1.807, 2.05) is 0 Å². The molecule has 19 heavy (non-hydrogen) atoms. The molecule has 3 N–H and O–H groups in total. The third kappa shape index (κ3) is 2.49. The van der Waals surface area contributed by atoms with Gasteiger partial charge in [0.15, 0.2) is 5.82 Å². The van der Waals surface area contributed by atoms with E-state index in [1.54, 1.807) is 0 Å². The van der Waals surface area contributed by atoms with Gasteiger partial charge in [0.2, 0.25) is 0 Å². The third-order valence-corrected chi connectivity index (χ3v) is 2.77. The maximum Gasteiger partial charge on any atom is 0.417 e. The highest BCUT2D eigenvalue weighted by Gasteiger charge is 2.33. The first-order valence-electron chi connectivity index (χ1n) is 5.08. The van der Waals surface area contributed by atoms with Crippen LogP contribution < -0.4 is 11.4 Å². The molecule has 0 spiro atoms. The van der Waals surface area contributed by atoms with E-state index in [-0.39, 0.29) is 18.1 Å². The predicted molar refractivity (Wildman–Crippen MR) is 62.1 cm³/mol. The summed E-state index contributed by atoms with van der Waals surface area (Å²) in [7, 11) is 0. The van der Waals surface area contributed by atoms with Crippen LogP contribution in [0.4, 0.5) is 13.2 Å². The zero-order valence-corrected chi connectivity index (χ0v) is 10.1.